The highest BCUT2D eigenvalue weighted by atomic mass is 32.1. The molecule has 0 saturated carbocycles. The Hall–Kier alpha value is -3.04. The first-order chi connectivity index (χ1) is 14.7. The van der Waals surface area contributed by atoms with Gasteiger partial charge >= 0.3 is 6.03 Å². The molecule has 1 N–H and O–H groups in total. The van der Waals surface area contributed by atoms with Crippen molar-refractivity contribution in [3.63, 3.8) is 0 Å². The fourth-order valence-electron chi connectivity index (χ4n) is 3.28. The molecule has 3 aromatic rings. The Morgan fingerprint density at radius 1 is 1.30 bits per heavy atom. The van der Waals surface area contributed by atoms with E-state index < -0.39 is 0 Å². The van der Waals surface area contributed by atoms with Crippen LogP contribution in [0.25, 0.3) is 10.7 Å². The van der Waals surface area contributed by atoms with E-state index in [-0.39, 0.29) is 12.1 Å². The molecule has 1 aromatic carbocycles. The number of benzene rings is 1. The molecule has 1 atom stereocenters. The van der Waals surface area contributed by atoms with Crippen molar-refractivity contribution in [3.05, 3.63) is 54.2 Å². The summed E-state index contributed by atoms with van der Waals surface area (Å²) < 4.78 is 11.1. The molecule has 8 nitrogen and oxygen atoms in total. The minimum atomic E-state index is -0.239. The second kappa shape index (κ2) is 9.64. The third kappa shape index (κ3) is 5.11. The number of hydrogen-bond acceptors (Lipinski definition) is 7. The lowest BCUT2D eigenvalue weighted by molar-refractivity contribution is 0.0819. The van der Waals surface area contributed by atoms with Gasteiger partial charge in [0.25, 0.3) is 0 Å². The van der Waals surface area contributed by atoms with Crippen LogP contribution >= 0.6 is 11.3 Å². The molecule has 1 saturated heterocycles. The van der Waals surface area contributed by atoms with Crippen molar-refractivity contribution in [2.75, 3.05) is 25.6 Å². The van der Waals surface area contributed by atoms with Crippen LogP contribution in [0, 0.1) is 0 Å². The molecule has 0 bridgehead atoms. The molecule has 1 fully saturated rings. The highest BCUT2D eigenvalue weighted by molar-refractivity contribution is 7.18. The molecular weight excluding hydrogens is 402 g/mol. The summed E-state index contributed by atoms with van der Waals surface area (Å²) in [6.07, 6.45) is 3.71. The van der Waals surface area contributed by atoms with E-state index in [9.17, 15) is 4.79 Å². The van der Waals surface area contributed by atoms with Gasteiger partial charge in [0, 0.05) is 25.9 Å². The number of carbonyl (C=O) groups is 1. The Labute approximate surface area is 178 Å². The van der Waals surface area contributed by atoms with Gasteiger partial charge in [0.2, 0.25) is 5.13 Å². The maximum absolute atomic E-state index is 13.1. The van der Waals surface area contributed by atoms with Crippen LogP contribution in [-0.2, 0) is 11.3 Å². The number of amides is 2. The molecule has 1 unspecified atom stereocenters. The minimum Gasteiger partial charge on any atom is -0.497 e. The predicted molar refractivity (Wildman–Crippen MR) is 115 cm³/mol. The number of nitrogens with one attached hydrogen (secondary N) is 1. The van der Waals surface area contributed by atoms with Gasteiger partial charge in [-0.15, -0.1) is 10.2 Å². The van der Waals surface area contributed by atoms with Gasteiger partial charge < -0.3 is 14.4 Å². The maximum atomic E-state index is 13.1. The topological polar surface area (TPSA) is 89.5 Å². The van der Waals surface area contributed by atoms with E-state index in [0.717, 1.165) is 36.5 Å². The third-order valence-electron chi connectivity index (χ3n) is 4.77. The van der Waals surface area contributed by atoms with E-state index in [1.54, 1.807) is 18.2 Å². The van der Waals surface area contributed by atoms with Gasteiger partial charge in [-0.1, -0.05) is 29.5 Å². The van der Waals surface area contributed by atoms with Crippen molar-refractivity contribution in [1.82, 2.24) is 20.1 Å². The standard InChI is InChI=1S/C21H23N5O3S/c1-28-16-7-4-6-15(12-16)13-26(14-17-8-5-11-29-17)21(27)23-20-25-24-19(30-20)18-9-2-3-10-22-18/h2-4,6-7,9-10,12,17H,5,8,11,13-14H2,1H3,(H,23,25,27). The van der Waals surface area contributed by atoms with Gasteiger partial charge in [-0.25, -0.2) is 4.79 Å². The number of anilines is 1. The van der Waals surface area contributed by atoms with Crippen LogP contribution in [-0.4, -0.2) is 52.5 Å². The van der Waals surface area contributed by atoms with E-state index >= 15 is 0 Å². The summed E-state index contributed by atoms with van der Waals surface area (Å²) in [6, 6.07) is 13.1. The first kappa shape index (κ1) is 20.2. The maximum Gasteiger partial charge on any atom is 0.324 e. The summed E-state index contributed by atoms with van der Waals surface area (Å²) in [6.45, 7) is 1.69. The third-order valence-corrected chi connectivity index (χ3v) is 5.63. The Morgan fingerprint density at radius 3 is 3.00 bits per heavy atom. The molecule has 2 amide bonds. The number of urea groups is 1. The Bertz CT molecular complexity index is 976. The summed E-state index contributed by atoms with van der Waals surface area (Å²) in [5.41, 5.74) is 1.71. The van der Waals surface area contributed by atoms with Gasteiger partial charge in [0.15, 0.2) is 5.01 Å². The largest absolute Gasteiger partial charge is 0.497 e. The van der Waals surface area contributed by atoms with Crippen molar-refractivity contribution in [1.29, 1.82) is 0 Å². The zero-order chi connectivity index (χ0) is 20.8. The van der Waals surface area contributed by atoms with Crippen molar-refractivity contribution >= 4 is 22.5 Å². The molecule has 4 rings (SSSR count). The summed E-state index contributed by atoms with van der Waals surface area (Å²) in [4.78, 5) is 19.1. The molecule has 30 heavy (non-hydrogen) atoms. The second-order valence-electron chi connectivity index (χ2n) is 6.92. The zero-order valence-electron chi connectivity index (χ0n) is 16.7. The Morgan fingerprint density at radius 2 is 2.23 bits per heavy atom. The molecule has 0 radical (unpaired) electrons. The monoisotopic (exact) mass is 425 g/mol. The molecule has 1 aliphatic heterocycles. The van der Waals surface area contributed by atoms with Crippen LogP contribution in [0.15, 0.2) is 48.7 Å². The van der Waals surface area contributed by atoms with E-state index in [4.69, 9.17) is 9.47 Å². The highest BCUT2D eigenvalue weighted by Gasteiger charge is 2.24. The molecule has 9 heteroatoms. The first-order valence-corrected chi connectivity index (χ1v) is 10.6. The summed E-state index contributed by atoms with van der Waals surface area (Å²) >= 11 is 1.29. The molecule has 1 aliphatic rings. The smallest absolute Gasteiger partial charge is 0.324 e. The number of rotatable bonds is 7. The molecule has 3 heterocycles. The van der Waals surface area contributed by atoms with E-state index in [1.165, 1.54) is 11.3 Å². The van der Waals surface area contributed by atoms with Crippen LogP contribution in [0.4, 0.5) is 9.93 Å². The van der Waals surface area contributed by atoms with Gasteiger partial charge in [-0.05, 0) is 42.7 Å². The lowest BCUT2D eigenvalue weighted by Crippen LogP contribution is -2.39. The average molecular weight is 426 g/mol. The lowest BCUT2D eigenvalue weighted by Gasteiger charge is -2.25. The summed E-state index contributed by atoms with van der Waals surface area (Å²) in [5.74, 6) is 0.758. The number of ether oxygens (including phenoxy) is 2. The number of hydrogen-bond donors (Lipinski definition) is 1. The van der Waals surface area contributed by atoms with Crippen molar-refractivity contribution < 1.29 is 14.3 Å². The predicted octanol–water partition coefficient (Wildman–Crippen LogP) is 3.82. The average Bonchev–Trinajstić information content (AvgIpc) is 3.46. The number of carbonyl (C=O) groups excluding carboxylic acids is 1. The molecule has 156 valence electrons. The summed E-state index contributed by atoms with van der Waals surface area (Å²) in [5, 5.41) is 12.2. The van der Waals surface area contributed by atoms with E-state index in [0.29, 0.717) is 23.2 Å². The van der Waals surface area contributed by atoms with Gasteiger partial charge in [0.1, 0.15) is 11.4 Å². The molecular formula is C21H23N5O3S. The quantitative estimate of drug-likeness (QED) is 0.619. The normalized spacial score (nSPS) is 15.7. The molecule has 0 spiro atoms. The van der Waals surface area contributed by atoms with Crippen LogP contribution in [0.2, 0.25) is 0 Å². The number of pyridine rings is 1. The molecule has 0 aliphatic carbocycles. The van der Waals surface area contributed by atoms with Crippen LogP contribution in [0.5, 0.6) is 5.75 Å². The fourth-order valence-corrected chi connectivity index (χ4v) is 3.99. The van der Waals surface area contributed by atoms with Gasteiger partial charge in [-0.2, -0.15) is 0 Å². The minimum absolute atomic E-state index is 0.0415. The number of aromatic nitrogens is 3. The van der Waals surface area contributed by atoms with Crippen molar-refractivity contribution in [2.45, 2.75) is 25.5 Å². The first-order valence-electron chi connectivity index (χ1n) is 9.76. The number of nitrogens with zero attached hydrogens (tertiary/aromatic N) is 4. The highest BCUT2D eigenvalue weighted by Crippen LogP contribution is 2.25. The van der Waals surface area contributed by atoms with Crippen molar-refractivity contribution in [3.8, 4) is 16.5 Å². The summed E-state index contributed by atoms with van der Waals surface area (Å²) in [7, 11) is 1.63. The Kier molecular flexibility index (Phi) is 6.50. The lowest BCUT2D eigenvalue weighted by atomic mass is 10.2. The van der Waals surface area contributed by atoms with Crippen LogP contribution in [0.1, 0.15) is 18.4 Å². The van der Waals surface area contributed by atoms with Gasteiger partial charge in [-0.3, -0.25) is 10.3 Å². The SMILES string of the molecule is COc1cccc(CN(CC2CCCO2)C(=O)Nc2nnc(-c3ccccn3)s2)c1. The van der Waals surface area contributed by atoms with Crippen LogP contribution < -0.4 is 10.1 Å². The van der Waals surface area contributed by atoms with Crippen LogP contribution in [0.3, 0.4) is 0 Å². The van der Waals surface area contributed by atoms with Crippen molar-refractivity contribution in [2.24, 2.45) is 0 Å². The van der Waals surface area contributed by atoms with Gasteiger partial charge in [0.05, 0.1) is 13.2 Å². The zero-order valence-corrected chi connectivity index (χ0v) is 17.5. The Balaban J connectivity index is 1.48. The van der Waals surface area contributed by atoms with E-state index in [1.807, 2.05) is 42.5 Å². The van der Waals surface area contributed by atoms with E-state index in [2.05, 4.69) is 20.5 Å². The fraction of sp³-hybridized carbons (Fsp3) is 0.333. The molecule has 2 aromatic heterocycles. The number of methoxy groups -OCH3 is 1. The second-order valence-corrected chi connectivity index (χ2v) is 7.90.